The number of hydrogen-bond acceptors (Lipinski definition) is 4. The van der Waals surface area contributed by atoms with Crippen LogP contribution in [0.15, 0.2) is 29.2 Å². The van der Waals surface area contributed by atoms with E-state index in [-0.39, 0.29) is 36.0 Å². The predicted octanol–water partition coefficient (Wildman–Crippen LogP) is 1.44. The third-order valence-corrected chi connectivity index (χ3v) is 6.10. The second-order valence-corrected chi connectivity index (χ2v) is 7.83. The van der Waals surface area contributed by atoms with Crippen molar-refractivity contribution >= 4 is 28.2 Å². The average Bonchev–Trinajstić information content (AvgIpc) is 2.51. The Morgan fingerprint density at radius 1 is 1.23 bits per heavy atom. The molecule has 0 spiro atoms. The summed E-state index contributed by atoms with van der Waals surface area (Å²) in [5.74, 6) is 0.114. The minimum Gasteiger partial charge on any atom is -0.349 e. The lowest BCUT2D eigenvalue weighted by Gasteiger charge is -2.29. The van der Waals surface area contributed by atoms with E-state index in [2.05, 4.69) is 10.6 Å². The van der Waals surface area contributed by atoms with Crippen molar-refractivity contribution in [3.8, 4) is 0 Å². The van der Waals surface area contributed by atoms with Crippen LogP contribution in [-0.2, 0) is 14.6 Å². The highest BCUT2D eigenvalue weighted by Gasteiger charge is 2.32. The summed E-state index contributed by atoms with van der Waals surface area (Å²) >= 11 is 0. The molecule has 1 amide bonds. The fraction of sp³-hybridized carbons (Fsp3) is 0.533. The molecular weight excluding hydrogens is 324 g/mol. The number of fused-ring (bicyclic) bond motifs is 1. The van der Waals surface area contributed by atoms with Crippen molar-refractivity contribution in [2.45, 2.75) is 30.2 Å². The van der Waals surface area contributed by atoms with Crippen LogP contribution in [0.25, 0.3) is 0 Å². The van der Waals surface area contributed by atoms with Gasteiger partial charge in [0.25, 0.3) is 0 Å². The molecule has 2 heterocycles. The number of amides is 1. The largest absolute Gasteiger partial charge is 0.349 e. The molecule has 3 rings (SSSR count). The van der Waals surface area contributed by atoms with Crippen LogP contribution < -0.4 is 10.6 Å². The molecule has 2 aliphatic heterocycles. The standard InChI is InChI=1S/C15H20N2O3S.ClH/c18-15(11-4-3-8-16-10-11)17-13-7-9-21(19,20)14-6-2-1-5-12(13)14;/h1-2,5-6,11,13,16H,3-4,7-10H2,(H,17,18);1H. The first kappa shape index (κ1) is 17.2. The van der Waals surface area contributed by atoms with Crippen molar-refractivity contribution < 1.29 is 13.2 Å². The molecule has 0 saturated carbocycles. The maximum absolute atomic E-state index is 12.3. The lowest BCUT2D eigenvalue weighted by Crippen LogP contribution is -2.43. The molecular formula is C15H21ClN2O3S. The molecule has 22 heavy (non-hydrogen) atoms. The average molecular weight is 345 g/mol. The first-order valence-corrected chi connectivity index (χ1v) is 9.06. The van der Waals surface area contributed by atoms with Crippen LogP contribution in [0.4, 0.5) is 0 Å². The van der Waals surface area contributed by atoms with Crippen molar-refractivity contribution in [1.82, 2.24) is 10.6 Å². The Hall–Kier alpha value is -1.11. The highest BCUT2D eigenvalue weighted by Crippen LogP contribution is 2.32. The van der Waals surface area contributed by atoms with Gasteiger partial charge in [-0.1, -0.05) is 18.2 Å². The number of halogens is 1. The van der Waals surface area contributed by atoms with Gasteiger partial charge in [0.05, 0.1) is 22.6 Å². The highest BCUT2D eigenvalue weighted by molar-refractivity contribution is 7.91. The molecule has 2 aliphatic rings. The number of nitrogens with one attached hydrogen (secondary N) is 2. The van der Waals surface area contributed by atoms with Gasteiger partial charge in [-0.3, -0.25) is 4.79 Å². The summed E-state index contributed by atoms with van der Waals surface area (Å²) in [7, 11) is -3.20. The van der Waals surface area contributed by atoms with Gasteiger partial charge in [-0.15, -0.1) is 12.4 Å². The summed E-state index contributed by atoms with van der Waals surface area (Å²) < 4.78 is 24.2. The molecule has 7 heteroatoms. The van der Waals surface area contributed by atoms with E-state index in [1.807, 2.05) is 6.07 Å². The normalized spacial score (nSPS) is 26.4. The number of hydrogen-bond donors (Lipinski definition) is 2. The predicted molar refractivity (Wildman–Crippen MR) is 86.8 cm³/mol. The number of carbonyl (C=O) groups is 1. The van der Waals surface area contributed by atoms with Crippen molar-refractivity contribution in [1.29, 1.82) is 0 Å². The molecule has 2 atom stereocenters. The maximum atomic E-state index is 12.3. The van der Waals surface area contributed by atoms with E-state index in [9.17, 15) is 13.2 Å². The Labute approximate surface area is 137 Å². The summed E-state index contributed by atoms with van der Waals surface area (Å²) in [5, 5.41) is 6.27. The topological polar surface area (TPSA) is 75.3 Å². The second-order valence-electron chi connectivity index (χ2n) is 5.75. The van der Waals surface area contributed by atoms with Gasteiger partial charge < -0.3 is 10.6 Å². The number of piperidine rings is 1. The van der Waals surface area contributed by atoms with E-state index in [1.165, 1.54) is 0 Å². The van der Waals surface area contributed by atoms with E-state index in [1.54, 1.807) is 18.2 Å². The Kier molecular flexibility index (Phi) is 5.47. The third-order valence-electron chi connectivity index (χ3n) is 4.29. The minimum absolute atomic E-state index is 0. The molecule has 1 aromatic rings. The lowest BCUT2D eigenvalue weighted by molar-refractivity contribution is -0.126. The van der Waals surface area contributed by atoms with Crippen molar-refractivity contribution in [3.05, 3.63) is 29.8 Å². The molecule has 0 aliphatic carbocycles. The molecule has 1 aromatic carbocycles. The lowest BCUT2D eigenvalue weighted by atomic mass is 9.97. The Bertz CT molecular complexity index is 642. The molecule has 0 bridgehead atoms. The number of carbonyl (C=O) groups excluding carboxylic acids is 1. The highest BCUT2D eigenvalue weighted by atomic mass is 35.5. The molecule has 2 unspecified atom stereocenters. The van der Waals surface area contributed by atoms with Gasteiger partial charge >= 0.3 is 0 Å². The van der Waals surface area contributed by atoms with Crippen LogP contribution in [-0.4, -0.2) is 33.2 Å². The summed E-state index contributed by atoms with van der Waals surface area (Å²) in [4.78, 5) is 12.7. The fourth-order valence-electron chi connectivity index (χ4n) is 3.11. The SMILES string of the molecule is Cl.O=C(NC1CCS(=O)(=O)c2ccccc21)C1CCCNC1. The fourth-order valence-corrected chi connectivity index (χ4v) is 4.73. The van der Waals surface area contributed by atoms with Gasteiger partial charge in [0.1, 0.15) is 0 Å². The first-order valence-electron chi connectivity index (χ1n) is 7.41. The number of rotatable bonds is 2. The Morgan fingerprint density at radius 2 is 2.00 bits per heavy atom. The number of sulfone groups is 1. The van der Waals surface area contributed by atoms with E-state index in [0.717, 1.165) is 24.9 Å². The quantitative estimate of drug-likeness (QED) is 0.851. The maximum Gasteiger partial charge on any atom is 0.224 e. The molecule has 122 valence electrons. The molecule has 5 nitrogen and oxygen atoms in total. The monoisotopic (exact) mass is 344 g/mol. The number of benzene rings is 1. The van der Waals surface area contributed by atoms with Crippen LogP contribution in [0.5, 0.6) is 0 Å². The van der Waals surface area contributed by atoms with Crippen LogP contribution in [0.3, 0.4) is 0 Å². The van der Waals surface area contributed by atoms with Crippen LogP contribution >= 0.6 is 12.4 Å². The minimum atomic E-state index is -3.20. The van der Waals surface area contributed by atoms with Crippen LogP contribution in [0.1, 0.15) is 30.9 Å². The summed E-state index contributed by atoms with van der Waals surface area (Å²) in [6, 6.07) is 6.78. The molecule has 1 saturated heterocycles. The molecule has 1 fully saturated rings. The van der Waals surface area contributed by atoms with Gasteiger partial charge in [0.15, 0.2) is 9.84 Å². The summed E-state index contributed by atoms with van der Waals surface area (Å²) in [6.07, 6.45) is 2.35. The van der Waals surface area contributed by atoms with Crippen LogP contribution in [0, 0.1) is 5.92 Å². The smallest absolute Gasteiger partial charge is 0.224 e. The van der Waals surface area contributed by atoms with E-state index in [4.69, 9.17) is 0 Å². The Balaban J connectivity index is 0.00000176. The van der Waals surface area contributed by atoms with Gasteiger partial charge in [0, 0.05) is 6.54 Å². The van der Waals surface area contributed by atoms with Gasteiger partial charge in [0.2, 0.25) is 5.91 Å². The zero-order valence-electron chi connectivity index (χ0n) is 12.2. The molecule has 0 radical (unpaired) electrons. The van der Waals surface area contributed by atoms with Crippen molar-refractivity contribution in [3.63, 3.8) is 0 Å². The zero-order valence-corrected chi connectivity index (χ0v) is 13.9. The summed E-state index contributed by atoms with van der Waals surface area (Å²) in [6.45, 7) is 1.67. The van der Waals surface area contributed by atoms with E-state index in [0.29, 0.717) is 17.9 Å². The van der Waals surface area contributed by atoms with Crippen LogP contribution in [0.2, 0.25) is 0 Å². The molecule has 2 N–H and O–H groups in total. The first-order chi connectivity index (χ1) is 10.1. The molecule has 0 aromatic heterocycles. The van der Waals surface area contributed by atoms with Crippen molar-refractivity contribution in [2.75, 3.05) is 18.8 Å². The Morgan fingerprint density at radius 3 is 2.73 bits per heavy atom. The van der Waals surface area contributed by atoms with Gasteiger partial charge in [-0.25, -0.2) is 8.42 Å². The van der Waals surface area contributed by atoms with Crippen molar-refractivity contribution in [2.24, 2.45) is 5.92 Å². The second kappa shape index (κ2) is 6.98. The van der Waals surface area contributed by atoms with E-state index < -0.39 is 9.84 Å². The van der Waals surface area contributed by atoms with E-state index >= 15 is 0 Å². The van der Waals surface area contributed by atoms with Gasteiger partial charge in [-0.2, -0.15) is 0 Å². The van der Waals surface area contributed by atoms with Gasteiger partial charge in [-0.05, 0) is 37.4 Å². The zero-order chi connectivity index (χ0) is 14.9. The summed E-state index contributed by atoms with van der Waals surface area (Å²) in [5.41, 5.74) is 0.723. The third kappa shape index (κ3) is 3.45.